The Morgan fingerprint density at radius 3 is 1.89 bits per heavy atom. The second-order valence-corrected chi connectivity index (χ2v) is 14.2. The van der Waals surface area contributed by atoms with Crippen molar-refractivity contribution in [2.75, 3.05) is 12.5 Å². The normalized spacial score (nSPS) is 36.8. The average Bonchev–Trinajstić information content (AvgIpc) is 3.98. The minimum atomic E-state index is -2.07. The second kappa shape index (κ2) is 18.4. The first kappa shape index (κ1) is 42.1. The summed E-state index contributed by atoms with van der Waals surface area (Å²) in [6.45, 7) is 1.89. The van der Waals surface area contributed by atoms with Gasteiger partial charge < -0.3 is 69.3 Å². The van der Waals surface area contributed by atoms with Crippen LogP contribution < -0.4 is 0 Å². The summed E-state index contributed by atoms with van der Waals surface area (Å²) in [5.41, 5.74) is 1.32. The number of halogens is 2. The maximum absolute atomic E-state index is 10.9. The van der Waals surface area contributed by atoms with Gasteiger partial charge in [-0.25, -0.2) is 9.36 Å². The van der Waals surface area contributed by atoms with Crippen LogP contribution in [0.15, 0.2) is 18.6 Å². The van der Waals surface area contributed by atoms with Crippen molar-refractivity contribution >= 4 is 23.2 Å². The quantitative estimate of drug-likeness (QED) is 0.0598. The standard InChI is InChI=1S/C30H45Cl2N9O14/c1-2-3-39-4-16(35-36-39)12-51-28-26(48)24(46)21(43)17(52-28)7-40-5-14(33-37-40)10-50-11-15-6-41(38-34-15)8-18-22(44)27(49)30(13-31,54-18)55-29-25(47)23(45)20(32)19(9-42)53-29/h4-6,17-29,42-49H,2-3,7-13H2,1H3/t17-,18-,19-,20+,21+,22-,23+,24+,25+,26+,27+,28-,29+,30+/m1/s1. The van der Waals surface area contributed by atoms with Gasteiger partial charge in [0, 0.05) is 6.54 Å². The predicted octanol–water partition coefficient (Wildman–Crippen LogP) is -4.27. The summed E-state index contributed by atoms with van der Waals surface area (Å²) in [6.07, 6.45) is -11.5. The molecule has 308 valence electrons. The molecule has 14 atom stereocenters. The van der Waals surface area contributed by atoms with Crippen molar-refractivity contribution in [3.05, 3.63) is 35.7 Å². The van der Waals surface area contributed by atoms with Gasteiger partial charge in [0.2, 0.25) is 5.79 Å². The zero-order valence-corrected chi connectivity index (χ0v) is 30.9. The zero-order chi connectivity index (χ0) is 39.4. The van der Waals surface area contributed by atoms with Gasteiger partial charge in [0.05, 0.1) is 69.4 Å². The molecular weight excluding hydrogens is 781 g/mol. The summed E-state index contributed by atoms with van der Waals surface area (Å²) in [5.74, 6) is -2.59. The minimum absolute atomic E-state index is 0.00431. The van der Waals surface area contributed by atoms with Gasteiger partial charge in [0.25, 0.3) is 0 Å². The molecule has 3 aromatic heterocycles. The van der Waals surface area contributed by atoms with Crippen LogP contribution in [0.3, 0.4) is 0 Å². The number of ether oxygens (including phenoxy) is 6. The van der Waals surface area contributed by atoms with Crippen molar-refractivity contribution in [2.24, 2.45) is 0 Å². The first-order chi connectivity index (χ1) is 26.4. The third-order valence-corrected chi connectivity index (χ3v) is 10.2. The number of rotatable bonds is 17. The third-order valence-electron chi connectivity index (χ3n) is 9.32. The Hall–Kier alpha value is -2.56. The number of alkyl halides is 2. The lowest BCUT2D eigenvalue weighted by Crippen LogP contribution is -2.61. The molecule has 0 bridgehead atoms. The smallest absolute Gasteiger partial charge is 0.214 e. The molecule has 0 amide bonds. The van der Waals surface area contributed by atoms with E-state index in [1.54, 1.807) is 17.1 Å². The van der Waals surface area contributed by atoms with Crippen LogP contribution in [0, 0.1) is 0 Å². The molecule has 3 saturated heterocycles. The number of nitrogens with zero attached hydrogens (tertiary/aromatic N) is 9. The molecule has 0 saturated carbocycles. The summed E-state index contributed by atoms with van der Waals surface area (Å²) in [7, 11) is 0. The first-order valence-corrected chi connectivity index (χ1v) is 18.4. The van der Waals surface area contributed by atoms with E-state index < -0.39 is 97.3 Å². The van der Waals surface area contributed by atoms with Crippen molar-refractivity contribution in [1.29, 1.82) is 0 Å². The largest absolute Gasteiger partial charge is 0.394 e. The highest BCUT2D eigenvalue weighted by Crippen LogP contribution is 2.38. The van der Waals surface area contributed by atoms with E-state index in [2.05, 4.69) is 30.9 Å². The van der Waals surface area contributed by atoms with E-state index in [0.29, 0.717) is 23.6 Å². The number of aryl methyl sites for hydroxylation is 1. The third kappa shape index (κ3) is 9.44. The van der Waals surface area contributed by atoms with Gasteiger partial charge in [0.1, 0.15) is 78.1 Å². The van der Waals surface area contributed by atoms with Crippen molar-refractivity contribution in [3.63, 3.8) is 0 Å². The summed E-state index contributed by atoms with van der Waals surface area (Å²) in [4.78, 5) is 0. The summed E-state index contributed by atoms with van der Waals surface area (Å²) in [5, 5.41) is 106. The van der Waals surface area contributed by atoms with Crippen LogP contribution in [0.1, 0.15) is 30.4 Å². The van der Waals surface area contributed by atoms with Gasteiger partial charge in [-0.15, -0.1) is 38.5 Å². The molecule has 0 aromatic carbocycles. The maximum atomic E-state index is 10.9. The fraction of sp³-hybridized carbons (Fsp3) is 0.800. The molecule has 0 aliphatic carbocycles. The van der Waals surface area contributed by atoms with Gasteiger partial charge in [-0.2, -0.15) is 0 Å². The fourth-order valence-electron chi connectivity index (χ4n) is 6.31. The number of aromatic nitrogens is 9. The van der Waals surface area contributed by atoms with E-state index in [0.717, 1.165) is 6.42 Å². The molecule has 0 unspecified atom stereocenters. The SMILES string of the molecule is CCCn1cc(CO[C@@H]2O[C@H](Cn3cc(COCc4cn(C[C@H]5O[C@@](CCl)(O[C@@H]6O[C@H](CO)[C@H](Cl)[C@H](O)[C@@H]6O)[C@@H](O)[C@@H]5O)nn4)nn3)[C@H](O)[C@H](O)[C@@H]2O)nn1. The molecule has 6 heterocycles. The topological polar surface area (TPSA) is 309 Å². The van der Waals surface area contributed by atoms with E-state index >= 15 is 0 Å². The summed E-state index contributed by atoms with van der Waals surface area (Å²) in [6, 6.07) is 0. The minimum Gasteiger partial charge on any atom is -0.394 e. The van der Waals surface area contributed by atoms with Crippen LogP contribution in [-0.2, 0) is 67.9 Å². The molecular formula is C30H45Cl2N9O14. The monoisotopic (exact) mass is 825 g/mol. The lowest BCUT2D eigenvalue weighted by Gasteiger charge is -2.43. The zero-order valence-electron chi connectivity index (χ0n) is 29.4. The van der Waals surface area contributed by atoms with Crippen molar-refractivity contribution in [2.45, 2.75) is 138 Å². The van der Waals surface area contributed by atoms with Crippen molar-refractivity contribution in [1.82, 2.24) is 45.0 Å². The van der Waals surface area contributed by atoms with Gasteiger partial charge in [-0.05, 0) is 6.42 Å². The Kier molecular flexibility index (Phi) is 14.0. The molecule has 55 heavy (non-hydrogen) atoms. The van der Waals surface area contributed by atoms with Crippen LogP contribution in [0.5, 0.6) is 0 Å². The van der Waals surface area contributed by atoms with Crippen LogP contribution in [0.2, 0.25) is 0 Å². The molecule has 0 spiro atoms. The summed E-state index contributed by atoms with van der Waals surface area (Å²) < 4.78 is 38.6. The fourth-order valence-corrected chi connectivity index (χ4v) is 6.88. The Morgan fingerprint density at radius 2 is 1.27 bits per heavy atom. The maximum Gasteiger partial charge on any atom is 0.214 e. The molecule has 3 aliphatic heterocycles. The van der Waals surface area contributed by atoms with Gasteiger partial charge in [-0.1, -0.05) is 22.6 Å². The Labute approximate surface area is 322 Å². The van der Waals surface area contributed by atoms with Crippen LogP contribution in [-0.4, -0.2) is 183 Å². The van der Waals surface area contributed by atoms with Crippen molar-refractivity contribution < 1.29 is 69.3 Å². The van der Waals surface area contributed by atoms with Gasteiger partial charge in [-0.3, -0.25) is 4.68 Å². The molecule has 3 aliphatic rings. The number of aliphatic hydroxyl groups excluding tert-OH is 8. The molecule has 6 rings (SSSR count). The van der Waals surface area contributed by atoms with Crippen LogP contribution in [0.25, 0.3) is 0 Å². The molecule has 0 radical (unpaired) electrons. The second-order valence-electron chi connectivity index (χ2n) is 13.5. The number of aliphatic hydroxyl groups is 8. The lowest BCUT2D eigenvalue weighted by molar-refractivity contribution is -0.358. The van der Waals surface area contributed by atoms with E-state index in [1.165, 1.54) is 15.6 Å². The molecule has 3 fully saturated rings. The van der Waals surface area contributed by atoms with Gasteiger partial charge >= 0.3 is 0 Å². The highest BCUT2D eigenvalue weighted by molar-refractivity contribution is 6.21. The molecule has 8 N–H and O–H groups in total. The highest BCUT2D eigenvalue weighted by atomic mass is 35.5. The average molecular weight is 827 g/mol. The number of hydrogen-bond donors (Lipinski definition) is 8. The summed E-state index contributed by atoms with van der Waals surface area (Å²) >= 11 is 12.1. The molecule has 23 nitrogen and oxygen atoms in total. The molecule has 25 heteroatoms. The van der Waals surface area contributed by atoms with Gasteiger partial charge in [0.15, 0.2) is 12.6 Å². The van der Waals surface area contributed by atoms with Crippen LogP contribution in [0.4, 0.5) is 0 Å². The first-order valence-electron chi connectivity index (χ1n) is 17.5. The Bertz CT molecular complexity index is 1660. The van der Waals surface area contributed by atoms with Crippen molar-refractivity contribution in [3.8, 4) is 0 Å². The van der Waals surface area contributed by atoms with E-state index in [4.69, 9.17) is 51.6 Å². The predicted molar refractivity (Wildman–Crippen MR) is 179 cm³/mol. The lowest BCUT2D eigenvalue weighted by atomic mass is 9.99. The Morgan fingerprint density at radius 1 is 0.709 bits per heavy atom. The highest BCUT2D eigenvalue weighted by Gasteiger charge is 2.58. The molecule has 3 aromatic rings. The Balaban J connectivity index is 0.972. The van der Waals surface area contributed by atoms with E-state index in [1.807, 2.05) is 6.92 Å². The van der Waals surface area contributed by atoms with Crippen LogP contribution >= 0.6 is 23.2 Å². The number of hydrogen-bond acceptors (Lipinski definition) is 20. The van der Waals surface area contributed by atoms with E-state index in [9.17, 15) is 40.9 Å². The van der Waals surface area contributed by atoms with E-state index in [-0.39, 0.29) is 32.9 Å².